The van der Waals surface area contributed by atoms with Crippen LogP contribution in [0.15, 0.2) is 27.4 Å². The molecule has 0 saturated carbocycles. The quantitative estimate of drug-likeness (QED) is 0.774. The van der Waals surface area contributed by atoms with Gasteiger partial charge in [-0.05, 0) is 77.5 Å². The first kappa shape index (κ1) is 20.0. The molecule has 1 aromatic heterocycles. The lowest BCUT2D eigenvalue weighted by Crippen LogP contribution is -2.62. The zero-order valence-corrected chi connectivity index (χ0v) is 17.7. The summed E-state index contributed by atoms with van der Waals surface area (Å²) in [6.45, 7) is 8.56. The highest BCUT2D eigenvalue weighted by molar-refractivity contribution is 5.83. The van der Waals surface area contributed by atoms with Gasteiger partial charge in [-0.2, -0.15) is 0 Å². The third-order valence-electron chi connectivity index (χ3n) is 5.87. The fourth-order valence-corrected chi connectivity index (χ4v) is 5.20. The largest absolute Gasteiger partial charge is 0.484 e. The van der Waals surface area contributed by atoms with Gasteiger partial charge in [0.05, 0.1) is 0 Å². The fourth-order valence-electron chi connectivity index (χ4n) is 5.20. The van der Waals surface area contributed by atoms with E-state index in [4.69, 9.17) is 9.15 Å². The molecule has 6 nitrogen and oxygen atoms in total. The van der Waals surface area contributed by atoms with Crippen molar-refractivity contribution in [3.63, 3.8) is 0 Å². The maximum atomic E-state index is 12.4. The molecule has 2 aliphatic rings. The van der Waals surface area contributed by atoms with E-state index in [2.05, 4.69) is 38.3 Å². The first-order chi connectivity index (χ1) is 13.6. The Labute approximate surface area is 171 Å². The van der Waals surface area contributed by atoms with E-state index in [1.165, 1.54) is 0 Å². The summed E-state index contributed by atoms with van der Waals surface area (Å²) in [5.74, 6) is 0.388. The summed E-state index contributed by atoms with van der Waals surface area (Å²) >= 11 is 0. The Morgan fingerprint density at radius 2 is 1.86 bits per heavy atom. The molecule has 1 aliphatic carbocycles. The van der Waals surface area contributed by atoms with Gasteiger partial charge < -0.3 is 19.8 Å². The van der Waals surface area contributed by atoms with E-state index in [0.717, 1.165) is 48.6 Å². The summed E-state index contributed by atoms with van der Waals surface area (Å²) in [4.78, 5) is 24.6. The Morgan fingerprint density at radius 1 is 1.17 bits per heavy atom. The maximum absolute atomic E-state index is 12.4. The number of amides is 1. The zero-order valence-electron chi connectivity index (χ0n) is 17.7. The van der Waals surface area contributed by atoms with Gasteiger partial charge >= 0.3 is 5.63 Å². The molecule has 0 unspecified atom stereocenters. The third kappa shape index (κ3) is 4.32. The Kier molecular flexibility index (Phi) is 4.93. The number of rotatable bonds is 4. The number of ether oxygens (including phenoxy) is 1. The lowest BCUT2D eigenvalue weighted by atomic mass is 9.79. The monoisotopic (exact) mass is 398 g/mol. The second-order valence-corrected chi connectivity index (χ2v) is 9.71. The van der Waals surface area contributed by atoms with Crippen molar-refractivity contribution in [1.82, 2.24) is 10.6 Å². The van der Waals surface area contributed by atoms with Gasteiger partial charge in [-0.25, -0.2) is 4.79 Å². The van der Waals surface area contributed by atoms with Crippen molar-refractivity contribution in [2.75, 3.05) is 6.61 Å². The van der Waals surface area contributed by atoms with Crippen LogP contribution in [0.25, 0.3) is 11.0 Å². The van der Waals surface area contributed by atoms with Crippen LogP contribution in [-0.4, -0.2) is 29.6 Å². The van der Waals surface area contributed by atoms with Gasteiger partial charge in [0.15, 0.2) is 6.61 Å². The molecule has 1 fully saturated rings. The van der Waals surface area contributed by atoms with Crippen molar-refractivity contribution in [2.24, 2.45) is 0 Å². The first-order valence-electron chi connectivity index (χ1n) is 10.4. The number of fused-ring (bicyclic) bond motifs is 3. The summed E-state index contributed by atoms with van der Waals surface area (Å²) in [6.07, 6.45) is 4.42. The predicted molar refractivity (Wildman–Crippen MR) is 112 cm³/mol. The second kappa shape index (κ2) is 7.17. The third-order valence-corrected chi connectivity index (χ3v) is 5.87. The van der Waals surface area contributed by atoms with E-state index in [1.54, 1.807) is 6.07 Å². The number of piperidine rings is 1. The SMILES string of the molecule is CC1(C)CC(NC(=O)COc2ccc3c4c(c(=O)oc3c2)CCC4)CC(C)(C)N1. The van der Waals surface area contributed by atoms with E-state index in [9.17, 15) is 9.59 Å². The van der Waals surface area contributed by atoms with Gasteiger partial charge in [-0.15, -0.1) is 0 Å². The smallest absolute Gasteiger partial charge is 0.339 e. The number of hydrogen-bond acceptors (Lipinski definition) is 5. The van der Waals surface area contributed by atoms with Crippen molar-refractivity contribution in [2.45, 2.75) is 76.9 Å². The Balaban J connectivity index is 1.41. The number of carbonyl (C=O) groups excluding carboxylic acids is 1. The molecular weight excluding hydrogens is 368 g/mol. The van der Waals surface area contributed by atoms with Crippen LogP contribution < -0.4 is 21.0 Å². The minimum atomic E-state index is -0.254. The van der Waals surface area contributed by atoms with Crippen molar-refractivity contribution < 1.29 is 13.9 Å². The van der Waals surface area contributed by atoms with Crippen molar-refractivity contribution in [3.05, 3.63) is 39.7 Å². The van der Waals surface area contributed by atoms with Gasteiger partial charge in [0, 0.05) is 34.1 Å². The minimum absolute atomic E-state index is 0.0311. The summed E-state index contributed by atoms with van der Waals surface area (Å²) in [5, 5.41) is 7.68. The van der Waals surface area contributed by atoms with Crippen LogP contribution >= 0.6 is 0 Å². The topological polar surface area (TPSA) is 80.6 Å². The van der Waals surface area contributed by atoms with E-state index < -0.39 is 0 Å². The van der Waals surface area contributed by atoms with E-state index >= 15 is 0 Å². The number of aryl methyl sites for hydroxylation is 1. The lowest BCUT2D eigenvalue weighted by Gasteiger charge is -2.46. The fraction of sp³-hybridized carbons (Fsp3) is 0.565. The number of benzene rings is 1. The molecule has 2 aromatic rings. The van der Waals surface area contributed by atoms with Crippen molar-refractivity contribution in [3.8, 4) is 5.75 Å². The highest BCUT2D eigenvalue weighted by Gasteiger charge is 2.38. The van der Waals surface area contributed by atoms with Crippen LogP contribution in [0.5, 0.6) is 5.75 Å². The molecule has 2 N–H and O–H groups in total. The summed E-state index contributed by atoms with van der Waals surface area (Å²) in [6, 6.07) is 5.58. The van der Waals surface area contributed by atoms with Crippen LogP contribution in [0, 0.1) is 0 Å². The zero-order chi connectivity index (χ0) is 20.8. The summed E-state index contributed by atoms with van der Waals surface area (Å²) in [7, 11) is 0. The van der Waals surface area contributed by atoms with Crippen molar-refractivity contribution >= 4 is 16.9 Å². The van der Waals surface area contributed by atoms with Gasteiger partial charge in [-0.1, -0.05) is 0 Å². The number of hydrogen-bond donors (Lipinski definition) is 2. The van der Waals surface area contributed by atoms with E-state index in [-0.39, 0.29) is 35.3 Å². The lowest BCUT2D eigenvalue weighted by molar-refractivity contribution is -0.124. The van der Waals surface area contributed by atoms with Crippen LogP contribution in [-0.2, 0) is 17.6 Å². The standard InChI is InChI=1S/C23H30N2O4/c1-22(2)11-14(12-23(3,4)25-22)24-20(26)13-28-15-8-9-17-16-6-5-7-18(16)21(27)29-19(17)10-15/h8-10,14,25H,5-7,11-13H2,1-4H3,(H,24,26). The molecule has 4 rings (SSSR count). The van der Waals surface area contributed by atoms with Crippen LogP contribution in [0.3, 0.4) is 0 Å². The van der Waals surface area contributed by atoms with Crippen LogP contribution in [0.2, 0.25) is 0 Å². The first-order valence-corrected chi connectivity index (χ1v) is 10.4. The molecular formula is C23H30N2O4. The Hall–Kier alpha value is -2.34. The van der Waals surface area contributed by atoms with Crippen LogP contribution in [0.1, 0.15) is 58.1 Å². The van der Waals surface area contributed by atoms with Gasteiger partial charge in [0.25, 0.3) is 5.91 Å². The van der Waals surface area contributed by atoms with E-state index in [0.29, 0.717) is 11.3 Å². The second-order valence-electron chi connectivity index (χ2n) is 9.71. The van der Waals surface area contributed by atoms with E-state index in [1.807, 2.05) is 12.1 Å². The van der Waals surface area contributed by atoms with Gasteiger partial charge in [0.2, 0.25) is 0 Å². The predicted octanol–water partition coefficient (Wildman–Crippen LogP) is 3.09. The highest BCUT2D eigenvalue weighted by Crippen LogP contribution is 2.30. The molecule has 0 atom stereocenters. The molecule has 2 heterocycles. The molecule has 0 spiro atoms. The molecule has 1 aliphatic heterocycles. The van der Waals surface area contributed by atoms with Crippen molar-refractivity contribution in [1.29, 1.82) is 0 Å². The summed E-state index contributed by atoms with van der Waals surface area (Å²) in [5.41, 5.74) is 2.11. The minimum Gasteiger partial charge on any atom is -0.484 e. The van der Waals surface area contributed by atoms with Crippen LogP contribution in [0.4, 0.5) is 0 Å². The molecule has 29 heavy (non-hydrogen) atoms. The van der Waals surface area contributed by atoms with Gasteiger partial charge in [-0.3, -0.25) is 4.79 Å². The normalized spacial score (nSPS) is 20.4. The highest BCUT2D eigenvalue weighted by atomic mass is 16.5. The average molecular weight is 399 g/mol. The average Bonchev–Trinajstić information content (AvgIpc) is 3.07. The summed E-state index contributed by atoms with van der Waals surface area (Å²) < 4.78 is 11.2. The molecule has 6 heteroatoms. The molecule has 0 radical (unpaired) electrons. The Bertz CT molecular complexity index is 990. The van der Waals surface area contributed by atoms with Gasteiger partial charge in [0.1, 0.15) is 11.3 Å². The molecule has 1 amide bonds. The molecule has 1 aromatic carbocycles. The molecule has 156 valence electrons. The number of nitrogens with one attached hydrogen (secondary N) is 2. The molecule has 0 bridgehead atoms. The number of carbonyl (C=O) groups is 1. The Morgan fingerprint density at radius 3 is 2.59 bits per heavy atom. The molecule has 1 saturated heterocycles. The maximum Gasteiger partial charge on any atom is 0.339 e.